The van der Waals surface area contributed by atoms with Crippen LogP contribution in [0.2, 0.25) is 10.0 Å². The molecule has 0 radical (unpaired) electrons. The summed E-state index contributed by atoms with van der Waals surface area (Å²) in [7, 11) is 0. The summed E-state index contributed by atoms with van der Waals surface area (Å²) in [4.78, 5) is 4.33. The van der Waals surface area contributed by atoms with E-state index in [2.05, 4.69) is 25.8 Å². The van der Waals surface area contributed by atoms with E-state index in [1.54, 1.807) is 30.3 Å². The maximum absolute atomic E-state index is 12.9. The van der Waals surface area contributed by atoms with Crippen molar-refractivity contribution in [1.82, 2.24) is 15.2 Å². The van der Waals surface area contributed by atoms with Crippen LogP contribution in [0.5, 0.6) is 0 Å². The van der Waals surface area contributed by atoms with Crippen molar-refractivity contribution >= 4 is 40.7 Å². The molecule has 2 N–H and O–H groups in total. The van der Waals surface area contributed by atoms with Crippen molar-refractivity contribution in [2.75, 3.05) is 17.2 Å². The van der Waals surface area contributed by atoms with E-state index in [9.17, 15) is 4.39 Å². The molecule has 0 fully saturated rings. The third-order valence-corrected chi connectivity index (χ3v) is 4.11. The molecule has 0 aliphatic rings. The fraction of sp³-hybridized carbons (Fsp3) is 0.118. The number of hydrogen-bond acceptors (Lipinski definition) is 5. The van der Waals surface area contributed by atoms with E-state index in [1.165, 1.54) is 18.3 Å². The highest BCUT2D eigenvalue weighted by atomic mass is 35.5. The Hall–Kier alpha value is -2.44. The Morgan fingerprint density at radius 3 is 2.56 bits per heavy atom. The number of rotatable bonds is 6. The second-order valence-electron chi connectivity index (χ2n) is 5.22. The van der Waals surface area contributed by atoms with E-state index < -0.39 is 0 Å². The summed E-state index contributed by atoms with van der Waals surface area (Å²) in [6.45, 7) is 0.635. The lowest BCUT2D eigenvalue weighted by atomic mass is 10.1. The van der Waals surface area contributed by atoms with Gasteiger partial charge in [-0.05, 0) is 42.3 Å². The van der Waals surface area contributed by atoms with Gasteiger partial charge in [0, 0.05) is 12.2 Å². The van der Waals surface area contributed by atoms with Crippen LogP contribution in [-0.4, -0.2) is 21.7 Å². The van der Waals surface area contributed by atoms with Gasteiger partial charge in [0.25, 0.3) is 0 Å². The minimum absolute atomic E-state index is 0.241. The summed E-state index contributed by atoms with van der Waals surface area (Å²) >= 11 is 11.9. The first-order valence-electron chi connectivity index (χ1n) is 7.50. The topological polar surface area (TPSA) is 62.7 Å². The first-order valence-corrected chi connectivity index (χ1v) is 8.26. The van der Waals surface area contributed by atoms with Gasteiger partial charge in [-0.15, -0.1) is 5.10 Å². The molecule has 3 rings (SSSR count). The fourth-order valence-electron chi connectivity index (χ4n) is 2.13. The molecule has 3 aromatic rings. The molecule has 5 nitrogen and oxygen atoms in total. The highest BCUT2D eigenvalue weighted by Crippen LogP contribution is 2.26. The SMILES string of the molecule is Fc1ccc(CCNc2cnnc(Nc3ccc(Cl)c(Cl)c3)n2)cc1. The zero-order valence-corrected chi connectivity index (χ0v) is 14.5. The second-order valence-corrected chi connectivity index (χ2v) is 6.04. The molecule has 0 aliphatic carbocycles. The second kappa shape index (κ2) is 8.09. The van der Waals surface area contributed by atoms with E-state index in [4.69, 9.17) is 23.2 Å². The zero-order valence-electron chi connectivity index (χ0n) is 13.0. The summed E-state index contributed by atoms with van der Waals surface area (Å²) in [5, 5.41) is 14.9. The van der Waals surface area contributed by atoms with Crippen molar-refractivity contribution in [3.8, 4) is 0 Å². The van der Waals surface area contributed by atoms with Gasteiger partial charge in [0.15, 0.2) is 5.82 Å². The lowest BCUT2D eigenvalue weighted by molar-refractivity contribution is 0.627. The maximum Gasteiger partial charge on any atom is 0.249 e. The molecule has 0 amide bonds. The van der Waals surface area contributed by atoms with Gasteiger partial charge in [0.05, 0.1) is 16.2 Å². The molecule has 2 aromatic carbocycles. The standard InChI is InChI=1S/C17H14Cl2FN5/c18-14-6-5-13(9-15(14)19)23-17-24-16(10-22-25-17)21-8-7-11-1-3-12(20)4-2-11/h1-6,9-10H,7-8H2,(H2,21,23,24,25). The highest BCUT2D eigenvalue weighted by molar-refractivity contribution is 6.42. The van der Waals surface area contributed by atoms with Crippen LogP contribution in [0, 0.1) is 5.82 Å². The van der Waals surface area contributed by atoms with Crippen LogP contribution in [0.1, 0.15) is 5.56 Å². The molecule has 0 saturated carbocycles. The summed E-state index contributed by atoms with van der Waals surface area (Å²) in [5.41, 5.74) is 1.74. The van der Waals surface area contributed by atoms with Crippen molar-refractivity contribution in [2.45, 2.75) is 6.42 Å². The van der Waals surface area contributed by atoms with Gasteiger partial charge in [0.1, 0.15) is 5.82 Å². The van der Waals surface area contributed by atoms with Crippen LogP contribution < -0.4 is 10.6 Å². The van der Waals surface area contributed by atoms with E-state index in [1.807, 2.05) is 0 Å². The van der Waals surface area contributed by atoms with Crippen molar-refractivity contribution in [1.29, 1.82) is 0 Å². The predicted octanol–water partition coefficient (Wildman–Crippen LogP) is 4.72. The van der Waals surface area contributed by atoms with E-state index in [-0.39, 0.29) is 5.82 Å². The van der Waals surface area contributed by atoms with Gasteiger partial charge in [-0.1, -0.05) is 35.3 Å². The van der Waals surface area contributed by atoms with Crippen LogP contribution in [0.15, 0.2) is 48.7 Å². The fourth-order valence-corrected chi connectivity index (χ4v) is 2.43. The van der Waals surface area contributed by atoms with Gasteiger partial charge in [-0.25, -0.2) is 4.39 Å². The van der Waals surface area contributed by atoms with Crippen LogP contribution >= 0.6 is 23.2 Å². The van der Waals surface area contributed by atoms with Crippen molar-refractivity contribution in [3.05, 3.63) is 70.1 Å². The van der Waals surface area contributed by atoms with Crippen LogP contribution in [-0.2, 0) is 6.42 Å². The van der Waals surface area contributed by atoms with E-state index in [0.29, 0.717) is 34.0 Å². The monoisotopic (exact) mass is 377 g/mol. The highest BCUT2D eigenvalue weighted by Gasteiger charge is 2.04. The molecule has 1 heterocycles. The molecule has 0 aliphatic heterocycles. The van der Waals surface area contributed by atoms with Gasteiger partial charge in [0.2, 0.25) is 5.95 Å². The minimum atomic E-state index is -0.241. The molecule has 25 heavy (non-hydrogen) atoms. The number of nitrogens with one attached hydrogen (secondary N) is 2. The molecule has 1 aromatic heterocycles. The number of anilines is 3. The van der Waals surface area contributed by atoms with Gasteiger partial charge in [-0.3, -0.25) is 0 Å². The molecular weight excluding hydrogens is 364 g/mol. The van der Waals surface area contributed by atoms with Crippen molar-refractivity contribution in [3.63, 3.8) is 0 Å². The molecule has 0 unspecified atom stereocenters. The molecule has 0 spiro atoms. The quantitative estimate of drug-likeness (QED) is 0.650. The number of benzene rings is 2. The number of halogens is 3. The first-order chi connectivity index (χ1) is 12.1. The largest absolute Gasteiger partial charge is 0.368 e. The number of nitrogens with zero attached hydrogens (tertiary/aromatic N) is 3. The predicted molar refractivity (Wildman–Crippen MR) is 98.2 cm³/mol. The van der Waals surface area contributed by atoms with Crippen LogP contribution in [0.3, 0.4) is 0 Å². The lowest BCUT2D eigenvalue weighted by Crippen LogP contribution is -2.08. The summed E-state index contributed by atoms with van der Waals surface area (Å²) in [6.07, 6.45) is 2.27. The van der Waals surface area contributed by atoms with Gasteiger partial charge in [-0.2, -0.15) is 10.1 Å². The number of hydrogen-bond donors (Lipinski definition) is 2. The molecular formula is C17H14Cl2FN5. The lowest BCUT2D eigenvalue weighted by Gasteiger charge is -2.08. The Kier molecular flexibility index (Phi) is 5.63. The van der Waals surface area contributed by atoms with E-state index in [0.717, 1.165) is 12.0 Å². The summed E-state index contributed by atoms with van der Waals surface area (Å²) in [6, 6.07) is 11.5. The Morgan fingerprint density at radius 1 is 1.00 bits per heavy atom. The smallest absolute Gasteiger partial charge is 0.249 e. The van der Waals surface area contributed by atoms with Gasteiger partial charge < -0.3 is 10.6 Å². The summed E-state index contributed by atoms with van der Waals surface area (Å²) < 4.78 is 12.9. The molecule has 0 atom stereocenters. The average molecular weight is 378 g/mol. The molecule has 8 heteroatoms. The van der Waals surface area contributed by atoms with Crippen molar-refractivity contribution in [2.24, 2.45) is 0 Å². The van der Waals surface area contributed by atoms with E-state index >= 15 is 0 Å². The summed E-state index contributed by atoms with van der Waals surface area (Å²) in [5.74, 6) is 0.680. The first kappa shape index (κ1) is 17.4. The average Bonchev–Trinajstić information content (AvgIpc) is 2.60. The Balaban J connectivity index is 1.59. The number of aromatic nitrogens is 3. The molecule has 0 saturated heterocycles. The Labute approximate surface area is 154 Å². The van der Waals surface area contributed by atoms with Crippen LogP contribution in [0.25, 0.3) is 0 Å². The van der Waals surface area contributed by atoms with Crippen molar-refractivity contribution < 1.29 is 4.39 Å². The Bertz CT molecular complexity index is 858. The van der Waals surface area contributed by atoms with Crippen LogP contribution in [0.4, 0.5) is 21.8 Å². The Morgan fingerprint density at radius 2 is 1.80 bits per heavy atom. The molecule has 0 bridgehead atoms. The maximum atomic E-state index is 12.9. The normalized spacial score (nSPS) is 10.5. The van der Waals surface area contributed by atoms with Gasteiger partial charge >= 0.3 is 0 Å². The molecule has 128 valence electrons. The third-order valence-electron chi connectivity index (χ3n) is 3.37. The minimum Gasteiger partial charge on any atom is -0.368 e. The zero-order chi connectivity index (χ0) is 17.6. The third kappa shape index (κ3) is 5.01.